The van der Waals surface area contributed by atoms with E-state index in [-0.39, 0.29) is 12.1 Å². The summed E-state index contributed by atoms with van der Waals surface area (Å²) in [5.41, 5.74) is -0.277. The van der Waals surface area contributed by atoms with E-state index in [4.69, 9.17) is 5.11 Å². The molecule has 2 N–H and O–H groups in total. The molecule has 0 aromatic rings. The maximum Gasteiger partial charge on any atom is 0.242 e. The Morgan fingerprint density at radius 3 is 2.67 bits per heavy atom. The molecule has 0 aliphatic carbocycles. The summed E-state index contributed by atoms with van der Waals surface area (Å²) in [4.78, 5) is 14.7. The standard InChI is InChI=1S/C14H26N2O2/c1-2-6-14(7-3-8-15-14)13(18)16-9-4-12(11-17)5-10-16/h12,15,17H,2-11H2,1H3. The number of rotatable bonds is 4. The van der Waals surface area contributed by atoms with Crippen LogP contribution in [-0.2, 0) is 4.79 Å². The fraction of sp³-hybridized carbons (Fsp3) is 0.929. The second-order valence-electron chi connectivity index (χ2n) is 5.78. The maximum absolute atomic E-state index is 12.7. The first kappa shape index (κ1) is 13.8. The van der Waals surface area contributed by atoms with Crippen molar-refractivity contribution in [2.75, 3.05) is 26.2 Å². The van der Waals surface area contributed by atoms with Crippen molar-refractivity contribution < 1.29 is 9.90 Å². The molecule has 1 unspecified atom stereocenters. The topological polar surface area (TPSA) is 52.6 Å². The summed E-state index contributed by atoms with van der Waals surface area (Å²) in [7, 11) is 0. The largest absolute Gasteiger partial charge is 0.396 e. The van der Waals surface area contributed by atoms with Crippen LogP contribution >= 0.6 is 0 Å². The number of carbonyl (C=O) groups is 1. The molecule has 2 aliphatic rings. The van der Waals surface area contributed by atoms with Gasteiger partial charge >= 0.3 is 0 Å². The molecule has 2 heterocycles. The smallest absolute Gasteiger partial charge is 0.242 e. The molecular formula is C14H26N2O2. The highest BCUT2D eigenvalue weighted by molar-refractivity contribution is 5.86. The van der Waals surface area contributed by atoms with Crippen LogP contribution in [0.4, 0.5) is 0 Å². The SMILES string of the molecule is CCCC1(C(=O)N2CCC(CO)CC2)CCCN1. The number of nitrogens with zero attached hydrogens (tertiary/aromatic N) is 1. The molecule has 4 heteroatoms. The van der Waals surface area contributed by atoms with Crippen molar-refractivity contribution in [3.63, 3.8) is 0 Å². The zero-order chi connectivity index (χ0) is 13.0. The quantitative estimate of drug-likeness (QED) is 0.791. The molecular weight excluding hydrogens is 228 g/mol. The number of amides is 1. The fourth-order valence-electron chi connectivity index (χ4n) is 3.36. The van der Waals surface area contributed by atoms with E-state index < -0.39 is 0 Å². The van der Waals surface area contributed by atoms with E-state index in [2.05, 4.69) is 12.2 Å². The number of aliphatic hydroxyl groups excluding tert-OH is 1. The fourth-order valence-corrected chi connectivity index (χ4v) is 3.36. The number of aliphatic hydroxyl groups is 1. The third-order valence-electron chi connectivity index (χ3n) is 4.49. The lowest BCUT2D eigenvalue weighted by Crippen LogP contribution is -2.56. The average molecular weight is 254 g/mol. The summed E-state index contributed by atoms with van der Waals surface area (Å²) in [6.45, 7) is 5.01. The van der Waals surface area contributed by atoms with Crippen LogP contribution < -0.4 is 5.32 Å². The second kappa shape index (κ2) is 6.02. The lowest BCUT2D eigenvalue weighted by Gasteiger charge is -2.38. The molecule has 0 bridgehead atoms. The van der Waals surface area contributed by atoms with Gasteiger partial charge in [-0.25, -0.2) is 0 Å². The molecule has 2 saturated heterocycles. The van der Waals surface area contributed by atoms with E-state index >= 15 is 0 Å². The first-order chi connectivity index (χ1) is 8.72. The van der Waals surface area contributed by atoms with Crippen molar-refractivity contribution in [1.82, 2.24) is 10.2 Å². The van der Waals surface area contributed by atoms with Crippen LogP contribution in [0, 0.1) is 5.92 Å². The Balaban J connectivity index is 1.97. The van der Waals surface area contributed by atoms with Crippen molar-refractivity contribution in [2.45, 2.75) is 51.0 Å². The van der Waals surface area contributed by atoms with Crippen LogP contribution in [0.3, 0.4) is 0 Å². The van der Waals surface area contributed by atoms with Crippen molar-refractivity contribution >= 4 is 5.91 Å². The maximum atomic E-state index is 12.7. The van der Waals surface area contributed by atoms with E-state index in [9.17, 15) is 4.79 Å². The zero-order valence-electron chi connectivity index (χ0n) is 11.5. The minimum Gasteiger partial charge on any atom is -0.396 e. The third kappa shape index (κ3) is 2.69. The minimum absolute atomic E-state index is 0.264. The molecule has 0 aromatic heterocycles. The Bertz CT molecular complexity index is 280. The van der Waals surface area contributed by atoms with Gasteiger partial charge in [-0.2, -0.15) is 0 Å². The molecule has 0 spiro atoms. The lowest BCUT2D eigenvalue weighted by molar-refractivity contribution is -0.139. The van der Waals surface area contributed by atoms with Crippen molar-refractivity contribution in [3.8, 4) is 0 Å². The summed E-state index contributed by atoms with van der Waals surface area (Å²) >= 11 is 0. The normalized spacial score (nSPS) is 29.8. The first-order valence-electron chi connectivity index (χ1n) is 7.37. The third-order valence-corrected chi connectivity index (χ3v) is 4.49. The summed E-state index contributed by atoms with van der Waals surface area (Å²) in [5, 5.41) is 12.6. The minimum atomic E-state index is -0.277. The molecule has 2 aliphatic heterocycles. The predicted octanol–water partition coefficient (Wildman–Crippen LogP) is 1.14. The molecule has 0 radical (unpaired) electrons. The molecule has 0 aromatic carbocycles. The monoisotopic (exact) mass is 254 g/mol. The van der Waals surface area contributed by atoms with Gasteiger partial charge in [0, 0.05) is 19.7 Å². The zero-order valence-corrected chi connectivity index (χ0v) is 11.5. The number of likely N-dealkylation sites (tertiary alicyclic amines) is 1. The molecule has 104 valence electrons. The Hall–Kier alpha value is -0.610. The number of hydrogen-bond donors (Lipinski definition) is 2. The van der Waals surface area contributed by atoms with E-state index in [1.54, 1.807) is 0 Å². The average Bonchev–Trinajstić information content (AvgIpc) is 2.88. The highest BCUT2D eigenvalue weighted by Crippen LogP contribution is 2.29. The Labute approximate surface area is 110 Å². The number of carbonyl (C=O) groups excluding carboxylic acids is 1. The van der Waals surface area contributed by atoms with Gasteiger partial charge in [0.25, 0.3) is 0 Å². The molecule has 4 nitrogen and oxygen atoms in total. The van der Waals surface area contributed by atoms with Gasteiger partial charge in [-0.3, -0.25) is 4.79 Å². The van der Waals surface area contributed by atoms with Crippen LogP contribution in [0.1, 0.15) is 45.4 Å². The van der Waals surface area contributed by atoms with Crippen LogP contribution in [0.5, 0.6) is 0 Å². The summed E-state index contributed by atoms with van der Waals surface area (Å²) < 4.78 is 0. The van der Waals surface area contributed by atoms with Gasteiger partial charge in [-0.05, 0) is 44.6 Å². The van der Waals surface area contributed by atoms with Crippen LogP contribution in [0.2, 0.25) is 0 Å². The van der Waals surface area contributed by atoms with E-state index in [1.807, 2.05) is 4.90 Å². The predicted molar refractivity (Wildman–Crippen MR) is 71.3 cm³/mol. The van der Waals surface area contributed by atoms with Gasteiger partial charge in [0.2, 0.25) is 5.91 Å². The molecule has 2 rings (SSSR count). The molecule has 18 heavy (non-hydrogen) atoms. The van der Waals surface area contributed by atoms with Gasteiger partial charge in [-0.1, -0.05) is 13.3 Å². The molecule has 2 fully saturated rings. The van der Waals surface area contributed by atoms with E-state index in [0.717, 1.165) is 58.2 Å². The van der Waals surface area contributed by atoms with E-state index in [1.165, 1.54) is 0 Å². The molecule has 0 saturated carbocycles. The number of piperidine rings is 1. The number of nitrogens with one attached hydrogen (secondary N) is 1. The summed E-state index contributed by atoms with van der Waals surface area (Å²) in [6, 6.07) is 0. The van der Waals surface area contributed by atoms with Gasteiger partial charge in [0.05, 0.1) is 5.54 Å². The Morgan fingerprint density at radius 1 is 1.44 bits per heavy atom. The first-order valence-corrected chi connectivity index (χ1v) is 7.37. The Morgan fingerprint density at radius 2 is 2.17 bits per heavy atom. The Kier molecular flexibility index (Phi) is 4.62. The van der Waals surface area contributed by atoms with Crippen LogP contribution in [-0.4, -0.2) is 47.7 Å². The van der Waals surface area contributed by atoms with Gasteiger partial charge in [-0.15, -0.1) is 0 Å². The summed E-state index contributed by atoms with van der Waals surface area (Å²) in [6.07, 6.45) is 5.99. The van der Waals surface area contributed by atoms with Gasteiger partial charge in [0.15, 0.2) is 0 Å². The second-order valence-corrected chi connectivity index (χ2v) is 5.78. The highest BCUT2D eigenvalue weighted by atomic mass is 16.3. The summed E-state index contributed by atoms with van der Waals surface area (Å²) in [5.74, 6) is 0.700. The van der Waals surface area contributed by atoms with E-state index in [0.29, 0.717) is 11.8 Å². The van der Waals surface area contributed by atoms with Gasteiger partial charge in [0.1, 0.15) is 0 Å². The van der Waals surface area contributed by atoms with Crippen LogP contribution in [0.15, 0.2) is 0 Å². The molecule has 1 atom stereocenters. The highest BCUT2D eigenvalue weighted by Gasteiger charge is 2.42. The van der Waals surface area contributed by atoms with Gasteiger partial charge < -0.3 is 15.3 Å². The lowest BCUT2D eigenvalue weighted by atomic mass is 9.88. The van der Waals surface area contributed by atoms with Crippen molar-refractivity contribution in [1.29, 1.82) is 0 Å². The number of hydrogen-bond acceptors (Lipinski definition) is 3. The van der Waals surface area contributed by atoms with Crippen LogP contribution in [0.25, 0.3) is 0 Å². The molecule has 1 amide bonds. The van der Waals surface area contributed by atoms with Crippen molar-refractivity contribution in [2.24, 2.45) is 5.92 Å². The van der Waals surface area contributed by atoms with Crippen molar-refractivity contribution in [3.05, 3.63) is 0 Å².